The van der Waals surface area contributed by atoms with Gasteiger partial charge in [-0.1, -0.05) is 19.8 Å². The minimum Gasteiger partial charge on any atom is -0.399 e. The van der Waals surface area contributed by atoms with Gasteiger partial charge < -0.3 is 10.6 Å². The van der Waals surface area contributed by atoms with Crippen molar-refractivity contribution in [1.29, 1.82) is 0 Å². The molecule has 88 valence electrons. The number of aromatic nitrogens is 1. The molecule has 3 nitrogen and oxygen atoms in total. The molecule has 2 heterocycles. The van der Waals surface area contributed by atoms with E-state index in [0.717, 1.165) is 30.5 Å². The van der Waals surface area contributed by atoms with Gasteiger partial charge in [0.05, 0.1) is 0 Å². The standard InChI is InChI=1S/C13H21N3/c1-2-3-11-5-8-16(9-6-11)13-10-12(14)4-7-15-13/h4,7,10-11H,2-3,5-6,8-9H2,1H3,(H2,14,15). The first kappa shape index (κ1) is 11.2. The van der Waals surface area contributed by atoms with Crippen molar-refractivity contribution >= 4 is 11.5 Å². The van der Waals surface area contributed by atoms with Crippen LogP contribution in [0, 0.1) is 5.92 Å². The minimum atomic E-state index is 0.806. The Hall–Kier alpha value is -1.25. The van der Waals surface area contributed by atoms with Gasteiger partial charge in [-0.05, 0) is 24.8 Å². The lowest BCUT2D eigenvalue weighted by Gasteiger charge is -2.32. The predicted molar refractivity (Wildman–Crippen MR) is 68.5 cm³/mol. The first-order valence-electron chi connectivity index (χ1n) is 6.26. The summed E-state index contributed by atoms with van der Waals surface area (Å²) in [5.41, 5.74) is 6.58. The fourth-order valence-corrected chi connectivity index (χ4v) is 2.47. The zero-order valence-electron chi connectivity index (χ0n) is 10.0. The molecule has 16 heavy (non-hydrogen) atoms. The molecule has 0 atom stereocenters. The van der Waals surface area contributed by atoms with Crippen molar-refractivity contribution in [3.05, 3.63) is 18.3 Å². The number of nitrogen functional groups attached to an aromatic ring is 1. The van der Waals surface area contributed by atoms with Crippen molar-refractivity contribution in [3.63, 3.8) is 0 Å². The van der Waals surface area contributed by atoms with Gasteiger partial charge in [0.25, 0.3) is 0 Å². The molecular formula is C13H21N3. The van der Waals surface area contributed by atoms with E-state index in [0.29, 0.717) is 0 Å². The van der Waals surface area contributed by atoms with E-state index in [-0.39, 0.29) is 0 Å². The van der Waals surface area contributed by atoms with Gasteiger partial charge in [0.15, 0.2) is 0 Å². The van der Waals surface area contributed by atoms with Gasteiger partial charge in [-0.15, -0.1) is 0 Å². The third kappa shape index (κ3) is 2.65. The molecule has 3 heteroatoms. The first-order chi connectivity index (χ1) is 7.79. The van der Waals surface area contributed by atoms with Crippen molar-refractivity contribution in [1.82, 2.24) is 4.98 Å². The fraction of sp³-hybridized carbons (Fsp3) is 0.615. The van der Waals surface area contributed by atoms with Gasteiger partial charge in [0.2, 0.25) is 0 Å². The molecule has 2 N–H and O–H groups in total. The molecule has 1 aromatic rings. The van der Waals surface area contributed by atoms with Crippen LogP contribution in [-0.4, -0.2) is 18.1 Å². The van der Waals surface area contributed by atoms with E-state index in [2.05, 4.69) is 16.8 Å². The van der Waals surface area contributed by atoms with E-state index < -0.39 is 0 Å². The third-order valence-electron chi connectivity index (χ3n) is 3.41. The number of nitrogens with two attached hydrogens (primary N) is 1. The summed E-state index contributed by atoms with van der Waals surface area (Å²) in [6.45, 7) is 4.52. The largest absolute Gasteiger partial charge is 0.399 e. The summed E-state index contributed by atoms with van der Waals surface area (Å²) in [6, 6.07) is 3.81. The fourth-order valence-electron chi connectivity index (χ4n) is 2.47. The maximum Gasteiger partial charge on any atom is 0.130 e. The number of nitrogens with zero attached hydrogens (tertiary/aromatic N) is 2. The molecule has 0 aromatic carbocycles. The highest BCUT2D eigenvalue weighted by atomic mass is 15.2. The maximum atomic E-state index is 5.77. The average molecular weight is 219 g/mol. The van der Waals surface area contributed by atoms with Crippen molar-refractivity contribution in [3.8, 4) is 0 Å². The second-order valence-electron chi connectivity index (χ2n) is 4.67. The smallest absolute Gasteiger partial charge is 0.130 e. The number of anilines is 2. The molecule has 0 unspecified atom stereocenters. The van der Waals surface area contributed by atoms with Crippen LogP contribution in [0.5, 0.6) is 0 Å². The van der Waals surface area contributed by atoms with E-state index in [1.165, 1.54) is 25.7 Å². The third-order valence-corrected chi connectivity index (χ3v) is 3.41. The molecule has 0 amide bonds. The Morgan fingerprint density at radius 3 is 2.81 bits per heavy atom. The maximum absolute atomic E-state index is 5.77. The number of hydrogen-bond donors (Lipinski definition) is 1. The van der Waals surface area contributed by atoms with E-state index in [1.54, 1.807) is 6.20 Å². The van der Waals surface area contributed by atoms with Crippen LogP contribution in [0.3, 0.4) is 0 Å². The van der Waals surface area contributed by atoms with Gasteiger partial charge in [-0.25, -0.2) is 4.98 Å². The summed E-state index contributed by atoms with van der Waals surface area (Å²) in [6.07, 6.45) is 7.07. The van der Waals surface area contributed by atoms with Gasteiger partial charge in [-0.3, -0.25) is 0 Å². The normalized spacial score (nSPS) is 17.7. The van der Waals surface area contributed by atoms with Crippen LogP contribution in [0.25, 0.3) is 0 Å². The molecule has 0 radical (unpaired) electrons. The van der Waals surface area contributed by atoms with Gasteiger partial charge in [0.1, 0.15) is 5.82 Å². The molecule has 0 aliphatic carbocycles. The van der Waals surface area contributed by atoms with Crippen LogP contribution in [0.1, 0.15) is 32.6 Å². The van der Waals surface area contributed by atoms with Gasteiger partial charge in [-0.2, -0.15) is 0 Å². The SMILES string of the molecule is CCCC1CCN(c2cc(N)ccn2)CC1. The lowest BCUT2D eigenvalue weighted by Crippen LogP contribution is -2.34. The summed E-state index contributed by atoms with van der Waals surface area (Å²) in [5.74, 6) is 1.96. The Kier molecular flexibility index (Phi) is 3.65. The van der Waals surface area contributed by atoms with E-state index in [9.17, 15) is 0 Å². The molecule has 1 aromatic heterocycles. The molecule has 1 aliphatic heterocycles. The summed E-state index contributed by atoms with van der Waals surface area (Å²) >= 11 is 0. The number of hydrogen-bond acceptors (Lipinski definition) is 3. The van der Waals surface area contributed by atoms with Crippen molar-refractivity contribution in [2.45, 2.75) is 32.6 Å². The molecule has 1 fully saturated rings. The minimum absolute atomic E-state index is 0.806. The van der Waals surface area contributed by atoms with Crippen molar-refractivity contribution < 1.29 is 0 Å². The van der Waals surface area contributed by atoms with Crippen LogP contribution in [-0.2, 0) is 0 Å². The molecule has 0 bridgehead atoms. The first-order valence-corrected chi connectivity index (χ1v) is 6.26. The van der Waals surface area contributed by atoms with E-state index >= 15 is 0 Å². The Morgan fingerprint density at radius 2 is 2.19 bits per heavy atom. The highest BCUT2D eigenvalue weighted by Crippen LogP contribution is 2.25. The zero-order valence-corrected chi connectivity index (χ0v) is 10.0. The van der Waals surface area contributed by atoms with Crippen molar-refractivity contribution in [2.75, 3.05) is 23.7 Å². The number of pyridine rings is 1. The molecule has 1 aliphatic rings. The van der Waals surface area contributed by atoms with Crippen LogP contribution in [0.2, 0.25) is 0 Å². The molecule has 2 rings (SSSR count). The average Bonchev–Trinajstić information content (AvgIpc) is 2.30. The topological polar surface area (TPSA) is 42.1 Å². The quantitative estimate of drug-likeness (QED) is 0.850. The van der Waals surface area contributed by atoms with E-state index in [1.807, 2.05) is 12.1 Å². The van der Waals surface area contributed by atoms with Gasteiger partial charge >= 0.3 is 0 Å². The molecular weight excluding hydrogens is 198 g/mol. The lowest BCUT2D eigenvalue weighted by molar-refractivity contribution is 0.377. The summed E-state index contributed by atoms with van der Waals surface area (Å²) < 4.78 is 0. The summed E-state index contributed by atoms with van der Waals surface area (Å²) in [7, 11) is 0. The second kappa shape index (κ2) is 5.19. The lowest BCUT2D eigenvalue weighted by atomic mass is 9.92. The van der Waals surface area contributed by atoms with Crippen LogP contribution in [0.15, 0.2) is 18.3 Å². The Bertz CT molecular complexity index is 330. The highest BCUT2D eigenvalue weighted by molar-refractivity contribution is 5.50. The van der Waals surface area contributed by atoms with Crippen LogP contribution in [0.4, 0.5) is 11.5 Å². The zero-order chi connectivity index (χ0) is 11.4. The highest BCUT2D eigenvalue weighted by Gasteiger charge is 2.19. The molecule has 0 spiro atoms. The van der Waals surface area contributed by atoms with Gasteiger partial charge in [0, 0.05) is 31.0 Å². The Morgan fingerprint density at radius 1 is 1.44 bits per heavy atom. The van der Waals surface area contributed by atoms with Crippen LogP contribution < -0.4 is 10.6 Å². The van der Waals surface area contributed by atoms with Crippen molar-refractivity contribution in [2.24, 2.45) is 5.92 Å². The molecule has 0 saturated carbocycles. The Balaban J connectivity index is 1.94. The number of rotatable bonds is 3. The number of piperidine rings is 1. The predicted octanol–water partition coefficient (Wildman–Crippen LogP) is 2.68. The molecule has 1 saturated heterocycles. The van der Waals surface area contributed by atoms with Crippen LogP contribution >= 0.6 is 0 Å². The second-order valence-corrected chi connectivity index (χ2v) is 4.67. The monoisotopic (exact) mass is 219 g/mol. The summed E-state index contributed by atoms with van der Waals surface area (Å²) in [5, 5.41) is 0. The van der Waals surface area contributed by atoms with E-state index in [4.69, 9.17) is 5.73 Å². The Labute approximate surface area is 97.7 Å². The summed E-state index contributed by atoms with van der Waals surface area (Å²) in [4.78, 5) is 6.73.